The Kier molecular flexibility index (Phi) is 2.82. The molecule has 1 unspecified atom stereocenters. The lowest BCUT2D eigenvalue weighted by Gasteiger charge is -2.11. The zero-order valence-corrected chi connectivity index (χ0v) is 8.67. The van der Waals surface area contributed by atoms with Crippen LogP contribution >= 0.6 is 11.8 Å². The Bertz CT molecular complexity index is 329. The van der Waals surface area contributed by atoms with Gasteiger partial charge in [-0.3, -0.25) is 0 Å². The SMILES string of the molecule is O=C(O)c1cccn1CC1CCCS1. The van der Waals surface area contributed by atoms with E-state index >= 15 is 0 Å². The molecule has 1 aliphatic rings. The molecular formula is C10H13NO2S. The van der Waals surface area contributed by atoms with Gasteiger partial charge >= 0.3 is 5.97 Å². The van der Waals surface area contributed by atoms with Crippen molar-refractivity contribution in [3.8, 4) is 0 Å². The van der Waals surface area contributed by atoms with Gasteiger partial charge in [0.05, 0.1) is 0 Å². The number of aromatic carboxylic acids is 1. The molecule has 1 aliphatic heterocycles. The van der Waals surface area contributed by atoms with Crippen LogP contribution in [0.1, 0.15) is 23.3 Å². The first-order chi connectivity index (χ1) is 6.77. The second-order valence-electron chi connectivity index (χ2n) is 3.49. The molecule has 1 fully saturated rings. The maximum Gasteiger partial charge on any atom is 0.352 e. The Labute approximate surface area is 87.1 Å². The molecule has 1 N–H and O–H groups in total. The Morgan fingerprint density at radius 1 is 1.71 bits per heavy atom. The fraction of sp³-hybridized carbons (Fsp3) is 0.500. The third kappa shape index (κ3) is 1.95. The van der Waals surface area contributed by atoms with Crippen LogP contribution in [0.2, 0.25) is 0 Å². The maximum absolute atomic E-state index is 10.8. The van der Waals surface area contributed by atoms with Gasteiger partial charge in [0.15, 0.2) is 0 Å². The molecule has 0 aromatic carbocycles. The van der Waals surface area contributed by atoms with Gasteiger partial charge in [0.1, 0.15) is 5.69 Å². The highest BCUT2D eigenvalue weighted by atomic mass is 32.2. The molecule has 2 heterocycles. The van der Waals surface area contributed by atoms with E-state index in [2.05, 4.69) is 0 Å². The van der Waals surface area contributed by atoms with Gasteiger partial charge in [-0.1, -0.05) is 0 Å². The third-order valence-corrected chi connectivity index (χ3v) is 3.85. The number of aromatic nitrogens is 1. The van der Waals surface area contributed by atoms with E-state index in [1.807, 2.05) is 22.5 Å². The zero-order chi connectivity index (χ0) is 9.97. The van der Waals surface area contributed by atoms with Crippen molar-refractivity contribution in [2.45, 2.75) is 24.6 Å². The van der Waals surface area contributed by atoms with Crippen LogP contribution in [0.4, 0.5) is 0 Å². The summed E-state index contributed by atoms with van der Waals surface area (Å²) in [6, 6.07) is 3.45. The number of thioether (sulfide) groups is 1. The quantitative estimate of drug-likeness (QED) is 0.832. The van der Waals surface area contributed by atoms with Crippen molar-refractivity contribution in [1.29, 1.82) is 0 Å². The standard InChI is InChI=1S/C10H13NO2S/c12-10(13)9-4-1-5-11(9)7-8-3-2-6-14-8/h1,4-5,8H,2-3,6-7H2,(H,12,13). The smallest absolute Gasteiger partial charge is 0.352 e. The van der Waals surface area contributed by atoms with Gasteiger partial charge in [0.25, 0.3) is 0 Å². The highest BCUT2D eigenvalue weighted by molar-refractivity contribution is 8.00. The molecule has 1 saturated heterocycles. The molecule has 0 radical (unpaired) electrons. The van der Waals surface area contributed by atoms with Crippen molar-refractivity contribution >= 4 is 17.7 Å². The van der Waals surface area contributed by atoms with Crippen LogP contribution < -0.4 is 0 Å². The summed E-state index contributed by atoms with van der Waals surface area (Å²) in [6.45, 7) is 0.833. The van der Waals surface area contributed by atoms with E-state index in [0.717, 1.165) is 6.54 Å². The highest BCUT2D eigenvalue weighted by Crippen LogP contribution is 2.27. The van der Waals surface area contributed by atoms with Crippen LogP contribution in [0.15, 0.2) is 18.3 Å². The molecule has 4 heteroatoms. The average molecular weight is 211 g/mol. The number of hydrogen-bond acceptors (Lipinski definition) is 2. The van der Waals surface area contributed by atoms with Crippen molar-refractivity contribution in [1.82, 2.24) is 4.57 Å². The van der Waals surface area contributed by atoms with Gasteiger partial charge in [0.2, 0.25) is 0 Å². The molecule has 0 amide bonds. The lowest BCUT2D eigenvalue weighted by atomic mass is 10.2. The normalized spacial score (nSPS) is 21.3. The van der Waals surface area contributed by atoms with Crippen molar-refractivity contribution < 1.29 is 9.90 Å². The lowest BCUT2D eigenvalue weighted by molar-refractivity contribution is 0.0685. The fourth-order valence-electron chi connectivity index (χ4n) is 1.78. The minimum absolute atomic E-state index is 0.400. The van der Waals surface area contributed by atoms with Crippen molar-refractivity contribution in [2.75, 3.05) is 5.75 Å². The summed E-state index contributed by atoms with van der Waals surface area (Å²) in [7, 11) is 0. The number of carboxylic acids is 1. The van der Waals surface area contributed by atoms with E-state index in [0.29, 0.717) is 10.9 Å². The van der Waals surface area contributed by atoms with E-state index in [4.69, 9.17) is 5.11 Å². The average Bonchev–Trinajstić information content (AvgIpc) is 2.75. The van der Waals surface area contributed by atoms with Crippen LogP contribution in [0.3, 0.4) is 0 Å². The third-order valence-electron chi connectivity index (χ3n) is 2.47. The molecule has 76 valence electrons. The summed E-state index contributed by atoms with van der Waals surface area (Å²) < 4.78 is 1.84. The molecule has 1 aromatic rings. The topological polar surface area (TPSA) is 42.2 Å². The summed E-state index contributed by atoms with van der Waals surface area (Å²) >= 11 is 1.95. The molecule has 0 spiro atoms. The molecule has 0 bridgehead atoms. The van der Waals surface area contributed by atoms with Crippen LogP contribution in [-0.2, 0) is 6.54 Å². The summed E-state index contributed by atoms with van der Waals surface area (Å²) in [4.78, 5) is 10.8. The molecular weight excluding hydrogens is 198 g/mol. The molecule has 2 rings (SSSR count). The Hall–Kier alpha value is -0.900. The van der Waals surface area contributed by atoms with Crippen LogP contribution in [0.5, 0.6) is 0 Å². The van der Waals surface area contributed by atoms with E-state index in [9.17, 15) is 4.79 Å². The Morgan fingerprint density at radius 2 is 2.57 bits per heavy atom. The predicted molar refractivity (Wildman–Crippen MR) is 56.9 cm³/mol. The summed E-state index contributed by atoms with van der Waals surface area (Å²) in [6.07, 6.45) is 4.32. The number of hydrogen-bond donors (Lipinski definition) is 1. The second-order valence-corrected chi connectivity index (χ2v) is 4.89. The van der Waals surface area contributed by atoms with Gasteiger partial charge in [-0.2, -0.15) is 11.8 Å². The maximum atomic E-state index is 10.8. The number of carbonyl (C=O) groups is 1. The first kappa shape index (κ1) is 9.65. The first-order valence-electron chi connectivity index (χ1n) is 4.77. The van der Waals surface area contributed by atoms with Crippen LogP contribution in [0.25, 0.3) is 0 Å². The highest BCUT2D eigenvalue weighted by Gasteiger charge is 2.18. The van der Waals surface area contributed by atoms with Gasteiger partial charge in [0, 0.05) is 18.0 Å². The Morgan fingerprint density at radius 3 is 3.21 bits per heavy atom. The number of rotatable bonds is 3. The van der Waals surface area contributed by atoms with Gasteiger partial charge in [-0.05, 0) is 30.7 Å². The van der Waals surface area contributed by atoms with E-state index in [1.165, 1.54) is 18.6 Å². The molecule has 3 nitrogen and oxygen atoms in total. The van der Waals surface area contributed by atoms with Gasteiger partial charge in [-0.25, -0.2) is 4.79 Å². The van der Waals surface area contributed by atoms with Crippen LogP contribution in [0, 0.1) is 0 Å². The van der Waals surface area contributed by atoms with E-state index in [1.54, 1.807) is 12.1 Å². The van der Waals surface area contributed by atoms with Crippen molar-refractivity contribution in [2.24, 2.45) is 0 Å². The predicted octanol–water partition coefficient (Wildman–Crippen LogP) is 2.08. The number of carboxylic acid groups (broad SMARTS) is 1. The Balaban J connectivity index is 2.07. The molecule has 0 saturated carbocycles. The zero-order valence-electron chi connectivity index (χ0n) is 7.85. The first-order valence-corrected chi connectivity index (χ1v) is 5.82. The minimum Gasteiger partial charge on any atom is -0.477 e. The lowest BCUT2D eigenvalue weighted by Crippen LogP contribution is -2.14. The summed E-state index contributed by atoms with van der Waals surface area (Å²) in [5.74, 6) is 0.381. The molecule has 1 atom stereocenters. The van der Waals surface area contributed by atoms with Crippen molar-refractivity contribution in [3.05, 3.63) is 24.0 Å². The molecule has 14 heavy (non-hydrogen) atoms. The van der Waals surface area contributed by atoms with Gasteiger partial charge < -0.3 is 9.67 Å². The minimum atomic E-state index is -0.835. The van der Waals surface area contributed by atoms with Crippen LogP contribution in [-0.4, -0.2) is 26.6 Å². The molecule has 1 aromatic heterocycles. The van der Waals surface area contributed by atoms with E-state index in [-0.39, 0.29) is 0 Å². The van der Waals surface area contributed by atoms with Crippen molar-refractivity contribution in [3.63, 3.8) is 0 Å². The largest absolute Gasteiger partial charge is 0.477 e. The van der Waals surface area contributed by atoms with Gasteiger partial charge in [-0.15, -0.1) is 0 Å². The number of nitrogens with zero attached hydrogens (tertiary/aromatic N) is 1. The molecule has 0 aliphatic carbocycles. The monoisotopic (exact) mass is 211 g/mol. The summed E-state index contributed by atoms with van der Waals surface area (Å²) in [5.41, 5.74) is 0.400. The fourth-order valence-corrected chi connectivity index (χ4v) is 3.04. The summed E-state index contributed by atoms with van der Waals surface area (Å²) in [5, 5.41) is 9.50. The van der Waals surface area contributed by atoms with E-state index < -0.39 is 5.97 Å². The second kappa shape index (κ2) is 4.09.